The van der Waals surface area contributed by atoms with Gasteiger partial charge in [0.2, 0.25) is 5.78 Å². The Balaban J connectivity index is 1.36. The molecule has 4 heterocycles. The van der Waals surface area contributed by atoms with Crippen molar-refractivity contribution in [3.05, 3.63) is 81.5 Å². The van der Waals surface area contributed by atoms with Crippen molar-refractivity contribution >= 4 is 80.8 Å². The first-order valence-corrected chi connectivity index (χ1v) is 26.8. The maximum atomic E-state index is 15.4. The lowest BCUT2D eigenvalue weighted by Crippen LogP contribution is -2.69. The SMILES string of the molecule is COC(=O)NC1=C2C#C/C=C\C#C[C@H](OC3OC(C)C(SC)(C(=O)c4[nH]ccc5c4[nH]c4cc(=O)ccc45)C(O)C3OC3CC(OC)C(NC(C)C)CO3)C2/C(=C\CS(C)(=S)=S)[C@@H](O)CC1=O. The van der Waals surface area contributed by atoms with Crippen LogP contribution < -0.4 is 16.1 Å². The number of fused-ring (bicyclic) bond motifs is 4. The van der Waals surface area contributed by atoms with Crippen LogP contribution in [0.5, 0.6) is 0 Å². The molecule has 7 rings (SSSR count). The van der Waals surface area contributed by atoms with Crippen molar-refractivity contribution in [2.75, 3.05) is 39.1 Å². The highest BCUT2D eigenvalue weighted by Gasteiger charge is 2.61. The zero-order valence-corrected chi connectivity index (χ0v) is 41.2. The minimum atomic E-state index is -2.04. The van der Waals surface area contributed by atoms with Gasteiger partial charge in [-0.05, 0) is 77.7 Å². The van der Waals surface area contributed by atoms with Crippen molar-refractivity contribution in [2.24, 2.45) is 5.92 Å². The molecule has 20 heteroatoms. The Bertz CT molecular complexity index is 2820. The predicted molar refractivity (Wildman–Crippen MR) is 262 cm³/mol. The number of H-pyrrole nitrogens is 2. The highest BCUT2D eigenvalue weighted by atomic mass is 33.1. The Morgan fingerprint density at radius 1 is 1.12 bits per heavy atom. The van der Waals surface area contributed by atoms with Gasteiger partial charge in [-0.3, -0.25) is 19.7 Å². The van der Waals surface area contributed by atoms with Gasteiger partial charge in [-0.2, -0.15) is 0 Å². The summed E-state index contributed by atoms with van der Waals surface area (Å²) in [7, 11) is 0.694. The smallest absolute Gasteiger partial charge is 0.411 e. The van der Waals surface area contributed by atoms with Gasteiger partial charge < -0.3 is 53.9 Å². The van der Waals surface area contributed by atoms with Crippen molar-refractivity contribution < 1.29 is 53.0 Å². The van der Waals surface area contributed by atoms with Gasteiger partial charge in [0.05, 0.1) is 60.7 Å². The minimum absolute atomic E-state index is 0.0540. The van der Waals surface area contributed by atoms with Crippen molar-refractivity contribution in [3.8, 4) is 23.7 Å². The van der Waals surface area contributed by atoms with E-state index in [2.05, 4.69) is 44.3 Å². The van der Waals surface area contributed by atoms with Gasteiger partial charge in [-0.1, -0.05) is 50.8 Å². The van der Waals surface area contributed by atoms with Crippen molar-refractivity contribution in [3.63, 3.8) is 0 Å². The van der Waals surface area contributed by atoms with E-state index in [1.807, 2.05) is 13.8 Å². The highest BCUT2D eigenvalue weighted by Crippen LogP contribution is 2.46. The third kappa shape index (κ3) is 10.7. The summed E-state index contributed by atoms with van der Waals surface area (Å²) in [5.41, 5.74) is 0.943. The molecule has 11 atom stereocenters. The molecule has 2 saturated heterocycles. The molecular formula is C47H54N4O12S4. The molecule has 0 spiro atoms. The number of carbonyl (C=O) groups excluding carboxylic acids is 3. The molecule has 16 nitrogen and oxygen atoms in total. The fourth-order valence-electron chi connectivity index (χ4n) is 9.05. The molecule has 3 aromatic rings. The number of allylic oxidation sites excluding steroid dienone is 3. The molecule has 2 aromatic heterocycles. The molecule has 2 aliphatic carbocycles. The Morgan fingerprint density at radius 3 is 2.58 bits per heavy atom. The second-order valence-electron chi connectivity index (χ2n) is 17.0. The van der Waals surface area contributed by atoms with Gasteiger partial charge in [0, 0.05) is 60.4 Å². The number of rotatable bonds is 13. The van der Waals surface area contributed by atoms with E-state index in [9.17, 15) is 24.6 Å². The lowest BCUT2D eigenvalue weighted by molar-refractivity contribution is -0.326. The summed E-state index contributed by atoms with van der Waals surface area (Å²) in [4.78, 5) is 60.7. The van der Waals surface area contributed by atoms with Gasteiger partial charge in [-0.25, -0.2) is 4.79 Å². The number of benzene rings is 1. The number of methoxy groups -OCH3 is 2. The minimum Gasteiger partial charge on any atom is -0.453 e. The number of hydrogen-bond acceptors (Lipinski definition) is 16. The van der Waals surface area contributed by atoms with Crippen LogP contribution in [0.25, 0.3) is 21.8 Å². The first-order chi connectivity index (χ1) is 31.9. The number of aromatic nitrogens is 2. The van der Waals surface area contributed by atoms with Crippen LogP contribution >= 0.6 is 11.8 Å². The average molecular weight is 995 g/mol. The summed E-state index contributed by atoms with van der Waals surface area (Å²) >= 11 is 12.3. The number of aliphatic hydroxyl groups excluding tert-OH is 2. The summed E-state index contributed by atoms with van der Waals surface area (Å²) in [6.45, 7) is 5.84. The van der Waals surface area contributed by atoms with E-state index in [4.69, 9.17) is 50.8 Å². The number of Topliss-reactive ketones (excluding diaryl/α,β-unsaturated/α-hetero) is 2. The van der Waals surface area contributed by atoms with Crippen molar-refractivity contribution in [2.45, 2.75) is 99.6 Å². The number of thioether (sulfide) groups is 1. The maximum Gasteiger partial charge on any atom is 0.411 e. The average Bonchev–Trinajstić information content (AvgIpc) is 3.65. The number of pyridine rings is 1. The number of nitrogens with one attached hydrogen (secondary N) is 4. The number of alkyl carbamates (subject to hydrolysis) is 1. The summed E-state index contributed by atoms with van der Waals surface area (Å²) in [6, 6.07) is 6.31. The molecule has 67 heavy (non-hydrogen) atoms. The van der Waals surface area contributed by atoms with Crippen molar-refractivity contribution in [1.29, 1.82) is 0 Å². The van der Waals surface area contributed by atoms with Crippen molar-refractivity contribution in [1.82, 2.24) is 20.6 Å². The van der Waals surface area contributed by atoms with Crippen LogP contribution in [0.15, 0.2) is 70.3 Å². The number of aromatic amines is 2. The predicted octanol–water partition coefficient (Wildman–Crippen LogP) is 3.07. The van der Waals surface area contributed by atoms with Gasteiger partial charge in [0.15, 0.2) is 23.8 Å². The lowest BCUT2D eigenvalue weighted by atomic mass is 9.82. The fourth-order valence-corrected chi connectivity index (χ4v) is 11.0. The molecule has 1 aromatic carbocycles. The van der Waals surface area contributed by atoms with Gasteiger partial charge in [0.1, 0.15) is 28.8 Å². The molecule has 358 valence electrons. The standard InChI is InChI=1S/C47H54N4O12S4/c1-24(2)49-32-23-60-37(22-36(32)58-4)63-42-44(56)47(66-6,43(55)41-40-28(16-18-48-41)27-15-14-26(52)20-31(27)50-40)25(3)61-45(42)62-35-13-11-9-8-10-12-30-38(35)29(17-19-67(7,64)65)33(53)21-34(54)39(30)51-46(57)59-5/h8-9,14-18,20,24-25,32-33,35-38,42,44-45,48-50,53,56H,19,21-23H2,1-7H3,(H,51,57)/b9-8-,29-17-/t25?,32?,33-,35-,36?,37?,38?,42?,44?,45?,47?/m0/s1. The summed E-state index contributed by atoms with van der Waals surface area (Å²) in [6.07, 6.45) is -1.46. The third-order valence-corrected chi connectivity index (χ3v) is 15.2. The van der Waals surface area contributed by atoms with Crippen LogP contribution in [-0.4, -0.2) is 143 Å². The van der Waals surface area contributed by atoms with Crippen LogP contribution in [0.1, 0.15) is 44.1 Å². The van der Waals surface area contributed by atoms with E-state index in [-0.39, 0.29) is 64.9 Å². The van der Waals surface area contributed by atoms with Crippen LogP contribution in [0.3, 0.4) is 0 Å². The summed E-state index contributed by atoms with van der Waals surface area (Å²) < 4.78 is 35.7. The van der Waals surface area contributed by atoms with E-state index >= 15 is 4.79 Å². The van der Waals surface area contributed by atoms with E-state index in [0.29, 0.717) is 16.4 Å². The quantitative estimate of drug-likeness (QED) is 0.0824. The molecule has 0 bridgehead atoms. The van der Waals surface area contributed by atoms with E-state index in [0.717, 1.165) is 24.3 Å². The monoisotopic (exact) mass is 994 g/mol. The Labute approximate surface area is 402 Å². The molecule has 1 amide bonds. The number of ether oxygens (including phenoxy) is 6. The van der Waals surface area contributed by atoms with E-state index in [1.165, 1.54) is 24.3 Å². The zero-order chi connectivity index (χ0) is 48.4. The summed E-state index contributed by atoms with van der Waals surface area (Å²) in [5, 5.41) is 32.2. The first kappa shape index (κ1) is 50.6. The van der Waals surface area contributed by atoms with Crippen LogP contribution in [0.4, 0.5) is 4.79 Å². The first-order valence-electron chi connectivity index (χ1n) is 21.5. The summed E-state index contributed by atoms with van der Waals surface area (Å²) in [5.74, 6) is 9.75. The van der Waals surface area contributed by atoms with E-state index in [1.54, 1.807) is 51.0 Å². The topological polar surface area (TPSA) is 220 Å². The number of hydrogen-bond donors (Lipinski definition) is 6. The lowest BCUT2D eigenvalue weighted by Gasteiger charge is -2.51. The van der Waals surface area contributed by atoms with Crippen LogP contribution in [-0.2, 0) is 62.7 Å². The molecule has 9 unspecified atom stereocenters. The molecule has 0 saturated carbocycles. The van der Waals surface area contributed by atoms with E-state index < -0.39 is 85.0 Å². The maximum absolute atomic E-state index is 15.4. The van der Waals surface area contributed by atoms with Gasteiger partial charge in [-0.15, -0.1) is 11.8 Å². The molecule has 6 N–H and O–H groups in total. The number of aliphatic hydroxyl groups is 2. The van der Waals surface area contributed by atoms with Crippen LogP contribution in [0, 0.1) is 29.6 Å². The second-order valence-corrected chi connectivity index (χ2v) is 25.3. The molecule has 2 fully saturated rings. The fraction of sp³-hybridized carbons (Fsp3) is 0.489. The number of amides is 1. The zero-order valence-electron chi connectivity index (χ0n) is 37.9. The normalized spacial score (nSPS) is 31.1. The third-order valence-electron chi connectivity index (χ3n) is 12.2. The highest BCUT2D eigenvalue weighted by molar-refractivity contribution is 8.56. The molecule has 4 aliphatic rings. The molecule has 0 radical (unpaired) electrons. The molecular weight excluding hydrogens is 941 g/mol. The number of ketones is 2. The van der Waals surface area contributed by atoms with Crippen LogP contribution in [0.2, 0.25) is 0 Å². The van der Waals surface area contributed by atoms with Gasteiger partial charge in [0.25, 0.3) is 0 Å². The second kappa shape index (κ2) is 21.2. The Morgan fingerprint density at radius 2 is 1.88 bits per heavy atom. The number of carbonyl (C=O) groups is 3. The largest absolute Gasteiger partial charge is 0.453 e. The Kier molecular flexibility index (Phi) is 16.0. The van der Waals surface area contributed by atoms with Gasteiger partial charge >= 0.3 is 6.09 Å². The molecule has 2 aliphatic heterocycles. The Hall–Kier alpha value is -4.26.